The van der Waals surface area contributed by atoms with Crippen LogP contribution in [0.3, 0.4) is 0 Å². The molecule has 0 saturated carbocycles. The van der Waals surface area contributed by atoms with E-state index in [1.54, 1.807) is 0 Å². The van der Waals surface area contributed by atoms with Crippen LogP contribution in [0, 0.1) is 0 Å². The van der Waals surface area contributed by atoms with Crippen LogP contribution in [0.25, 0.3) is 10.9 Å². The van der Waals surface area contributed by atoms with E-state index in [1.807, 2.05) is 0 Å². The topological polar surface area (TPSA) is 47.0 Å². The van der Waals surface area contributed by atoms with E-state index in [9.17, 15) is 21.6 Å². The zero-order valence-corrected chi connectivity index (χ0v) is 12.7. The molecule has 0 amide bonds. The summed E-state index contributed by atoms with van der Waals surface area (Å²) in [6.07, 6.45) is -3.74. The SMILES string of the molecule is O=S(=O)(Cl)C(c1ccc(Br)c2cccnc12)C(F)(F)F. The number of halogens is 5. The standard InChI is InChI=1S/C11H6BrClF3NO2S/c12-8-4-3-7(9-6(8)2-1-5-17-9)10(11(14,15)16)20(13,18)19/h1-5,10H. The van der Waals surface area contributed by atoms with Crippen LogP contribution < -0.4 is 0 Å². The van der Waals surface area contributed by atoms with Gasteiger partial charge in [-0.2, -0.15) is 13.2 Å². The van der Waals surface area contributed by atoms with Crippen molar-refractivity contribution in [3.05, 3.63) is 40.5 Å². The second-order valence-corrected chi connectivity index (χ2v) is 7.50. The first-order chi connectivity index (χ1) is 9.12. The molecule has 0 fully saturated rings. The first-order valence-electron chi connectivity index (χ1n) is 5.15. The van der Waals surface area contributed by atoms with Crippen molar-refractivity contribution in [2.24, 2.45) is 0 Å². The van der Waals surface area contributed by atoms with Crippen LogP contribution in [0.5, 0.6) is 0 Å². The van der Waals surface area contributed by atoms with Gasteiger partial charge in [-0.1, -0.05) is 28.1 Å². The highest BCUT2D eigenvalue weighted by Crippen LogP contribution is 2.43. The van der Waals surface area contributed by atoms with Crippen LogP contribution in [0.4, 0.5) is 13.2 Å². The van der Waals surface area contributed by atoms with E-state index in [4.69, 9.17) is 10.7 Å². The van der Waals surface area contributed by atoms with Gasteiger partial charge in [0.25, 0.3) is 0 Å². The highest BCUT2D eigenvalue weighted by Gasteiger charge is 2.50. The molecule has 0 spiro atoms. The van der Waals surface area contributed by atoms with Gasteiger partial charge in [-0.25, -0.2) is 8.42 Å². The second kappa shape index (κ2) is 5.16. The van der Waals surface area contributed by atoms with Gasteiger partial charge in [0.15, 0.2) is 5.25 Å². The lowest BCUT2D eigenvalue weighted by Gasteiger charge is -2.19. The Labute approximate surface area is 125 Å². The first kappa shape index (κ1) is 15.5. The number of aromatic nitrogens is 1. The normalized spacial score (nSPS) is 14.4. The summed E-state index contributed by atoms with van der Waals surface area (Å²) < 4.78 is 62.2. The van der Waals surface area contributed by atoms with Crippen LogP contribution in [0.2, 0.25) is 0 Å². The number of hydrogen-bond acceptors (Lipinski definition) is 3. The van der Waals surface area contributed by atoms with Crippen molar-refractivity contribution in [2.45, 2.75) is 11.4 Å². The van der Waals surface area contributed by atoms with Crippen molar-refractivity contribution in [1.29, 1.82) is 0 Å². The van der Waals surface area contributed by atoms with E-state index >= 15 is 0 Å². The van der Waals surface area contributed by atoms with Crippen molar-refractivity contribution in [3.8, 4) is 0 Å². The third kappa shape index (κ3) is 2.91. The van der Waals surface area contributed by atoms with Gasteiger partial charge in [-0.3, -0.25) is 4.98 Å². The number of nitrogens with zero attached hydrogens (tertiary/aromatic N) is 1. The van der Waals surface area contributed by atoms with Crippen LogP contribution in [0.1, 0.15) is 10.8 Å². The Morgan fingerprint density at radius 3 is 2.45 bits per heavy atom. The lowest BCUT2D eigenvalue weighted by atomic mass is 10.1. The fraction of sp³-hybridized carbons (Fsp3) is 0.182. The summed E-state index contributed by atoms with van der Waals surface area (Å²) in [4.78, 5) is 3.84. The fourth-order valence-corrected chi connectivity index (χ4v) is 3.71. The Kier molecular flexibility index (Phi) is 4.01. The predicted molar refractivity (Wildman–Crippen MR) is 73.0 cm³/mol. The number of rotatable bonds is 2. The van der Waals surface area contributed by atoms with Crippen molar-refractivity contribution in [1.82, 2.24) is 4.98 Å². The highest BCUT2D eigenvalue weighted by molar-refractivity contribution is 9.10. The molecule has 20 heavy (non-hydrogen) atoms. The first-order valence-corrected chi connectivity index (χ1v) is 8.32. The number of hydrogen-bond donors (Lipinski definition) is 0. The second-order valence-electron chi connectivity index (χ2n) is 3.93. The zero-order valence-electron chi connectivity index (χ0n) is 9.53. The average molecular weight is 389 g/mol. The molecule has 2 aromatic rings. The van der Waals surface area contributed by atoms with Crippen molar-refractivity contribution in [3.63, 3.8) is 0 Å². The Hall–Kier alpha value is -0.860. The highest BCUT2D eigenvalue weighted by atomic mass is 79.9. The summed E-state index contributed by atoms with van der Waals surface area (Å²) in [5, 5.41) is -2.44. The molecule has 1 unspecified atom stereocenters. The lowest BCUT2D eigenvalue weighted by Crippen LogP contribution is -2.26. The molecule has 1 atom stereocenters. The molecule has 2 rings (SSSR count). The van der Waals surface area contributed by atoms with Gasteiger partial charge in [-0.05, 0) is 12.1 Å². The molecule has 0 bridgehead atoms. The van der Waals surface area contributed by atoms with Gasteiger partial charge < -0.3 is 0 Å². The largest absolute Gasteiger partial charge is 0.410 e. The monoisotopic (exact) mass is 387 g/mol. The van der Waals surface area contributed by atoms with Gasteiger partial charge in [0, 0.05) is 32.3 Å². The molecule has 0 aliphatic rings. The Bertz CT molecular complexity index is 764. The minimum atomic E-state index is -5.03. The number of pyridine rings is 1. The van der Waals surface area contributed by atoms with Gasteiger partial charge >= 0.3 is 6.18 Å². The fourth-order valence-electron chi connectivity index (χ4n) is 1.86. The molecule has 1 aromatic heterocycles. The quantitative estimate of drug-likeness (QED) is 0.726. The molecule has 3 nitrogen and oxygen atoms in total. The molecule has 0 radical (unpaired) electrons. The van der Waals surface area contributed by atoms with Crippen LogP contribution in [0.15, 0.2) is 34.9 Å². The molecule has 108 valence electrons. The van der Waals surface area contributed by atoms with Crippen molar-refractivity contribution in [2.75, 3.05) is 0 Å². The summed E-state index contributed by atoms with van der Waals surface area (Å²) in [6.45, 7) is 0. The van der Waals surface area contributed by atoms with E-state index in [-0.39, 0.29) is 5.52 Å². The maximum absolute atomic E-state index is 13.0. The van der Waals surface area contributed by atoms with E-state index in [0.29, 0.717) is 9.86 Å². The maximum atomic E-state index is 13.0. The molecule has 0 N–H and O–H groups in total. The van der Waals surface area contributed by atoms with Crippen LogP contribution in [-0.2, 0) is 9.05 Å². The predicted octanol–water partition coefficient (Wildman–Crippen LogP) is 4.17. The summed E-state index contributed by atoms with van der Waals surface area (Å²) >= 11 is 3.18. The van der Waals surface area contributed by atoms with E-state index < -0.39 is 26.0 Å². The van der Waals surface area contributed by atoms with Crippen LogP contribution in [-0.4, -0.2) is 19.6 Å². The van der Waals surface area contributed by atoms with Gasteiger partial charge in [0.05, 0.1) is 5.52 Å². The Morgan fingerprint density at radius 2 is 1.90 bits per heavy atom. The van der Waals surface area contributed by atoms with Gasteiger partial charge in [0.2, 0.25) is 9.05 Å². The average Bonchev–Trinajstić information content (AvgIpc) is 2.29. The third-order valence-corrected chi connectivity index (χ3v) is 4.92. The Morgan fingerprint density at radius 1 is 1.25 bits per heavy atom. The molecule has 0 aliphatic carbocycles. The molecular weight excluding hydrogens is 383 g/mol. The van der Waals surface area contributed by atoms with Crippen LogP contribution >= 0.6 is 26.6 Å². The maximum Gasteiger partial charge on any atom is 0.410 e. The van der Waals surface area contributed by atoms with Crippen molar-refractivity contribution >= 4 is 46.6 Å². The summed E-state index contributed by atoms with van der Waals surface area (Å²) in [5.74, 6) is 0. The zero-order chi connectivity index (χ0) is 15.1. The molecule has 9 heteroatoms. The van der Waals surface area contributed by atoms with Gasteiger partial charge in [-0.15, -0.1) is 0 Å². The van der Waals surface area contributed by atoms with Crippen molar-refractivity contribution < 1.29 is 21.6 Å². The summed E-state index contributed by atoms with van der Waals surface area (Å²) in [5.41, 5.74) is -0.556. The Balaban J connectivity index is 2.83. The minimum absolute atomic E-state index is 0.0616. The molecular formula is C11H6BrClF3NO2S. The molecule has 1 heterocycles. The summed E-state index contributed by atoms with van der Waals surface area (Å²) in [6, 6.07) is 5.45. The van der Waals surface area contributed by atoms with E-state index in [1.165, 1.54) is 24.4 Å². The molecule has 0 aliphatic heterocycles. The van der Waals surface area contributed by atoms with Gasteiger partial charge in [0.1, 0.15) is 0 Å². The van der Waals surface area contributed by atoms with E-state index in [2.05, 4.69) is 20.9 Å². The smallest absolute Gasteiger partial charge is 0.256 e. The number of benzene rings is 1. The molecule has 1 aromatic carbocycles. The number of alkyl halides is 3. The van der Waals surface area contributed by atoms with E-state index in [0.717, 1.165) is 6.07 Å². The summed E-state index contributed by atoms with van der Waals surface area (Å²) in [7, 11) is 0.0832. The third-order valence-electron chi connectivity index (χ3n) is 2.61. The lowest BCUT2D eigenvalue weighted by molar-refractivity contribution is -0.130. The minimum Gasteiger partial charge on any atom is -0.256 e. The number of fused-ring (bicyclic) bond motifs is 1. The molecule has 0 saturated heterocycles.